The maximum Gasteiger partial charge on any atom is 0.223 e. The standard InChI is InChI=1S/C30H30ClF2N5O2/c1-40-27-10-8-22(19-24(27)31)30-35-29(21-12-14-34-15-13-21)36-38(30)17-16-37(23-4-2-3-5-23)28(39)11-7-20-6-9-25(32)26(33)18-20/h6,8-10,12-15,18-19,23H,2-5,7,11,16-17H2,1H3. The Kier molecular flexibility index (Phi) is 8.69. The molecule has 4 aromatic rings. The second-order valence-corrected chi connectivity index (χ2v) is 10.2. The van der Waals surface area contributed by atoms with Gasteiger partial charge in [0.25, 0.3) is 0 Å². The van der Waals surface area contributed by atoms with Gasteiger partial charge >= 0.3 is 0 Å². The molecule has 0 radical (unpaired) electrons. The van der Waals surface area contributed by atoms with Crippen molar-refractivity contribution in [2.75, 3.05) is 13.7 Å². The van der Waals surface area contributed by atoms with Crippen molar-refractivity contribution in [3.63, 3.8) is 0 Å². The van der Waals surface area contributed by atoms with Gasteiger partial charge in [0.1, 0.15) is 5.75 Å². The SMILES string of the molecule is COc1ccc(-c2nc(-c3ccncc3)nn2CCN(C(=O)CCc2ccc(F)c(F)c2)C2CCCC2)cc1Cl. The normalized spacial score (nSPS) is 13.5. The molecule has 0 saturated heterocycles. The minimum absolute atomic E-state index is 0.0138. The van der Waals surface area contributed by atoms with E-state index in [1.807, 2.05) is 23.1 Å². The zero-order chi connectivity index (χ0) is 28.1. The van der Waals surface area contributed by atoms with Crippen LogP contribution in [0.4, 0.5) is 8.78 Å². The zero-order valence-corrected chi connectivity index (χ0v) is 23.0. The summed E-state index contributed by atoms with van der Waals surface area (Å²) in [6, 6.07) is 13.1. The molecule has 2 aromatic carbocycles. The van der Waals surface area contributed by atoms with E-state index in [4.69, 9.17) is 26.4 Å². The maximum atomic E-state index is 13.7. The maximum absolute atomic E-state index is 13.7. The lowest BCUT2D eigenvalue weighted by atomic mass is 10.1. The second kappa shape index (κ2) is 12.6. The Morgan fingerprint density at radius 3 is 2.52 bits per heavy atom. The summed E-state index contributed by atoms with van der Waals surface area (Å²) >= 11 is 6.43. The summed E-state index contributed by atoms with van der Waals surface area (Å²) in [6.07, 6.45) is 7.95. The number of aromatic nitrogens is 4. The summed E-state index contributed by atoms with van der Waals surface area (Å²) < 4.78 is 34.1. The van der Waals surface area contributed by atoms with Crippen LogP contribution < -0.4 is 4.74 Å². The van der Waals surface area contributed by atoms with Crippen LogP contribution in [0.15, 0.2) is 60.9 Å². The number of aryl methyl sites for hydroxylation is 1. The summed E-state index contributed by atoms with van der Waals surface area (Å²) in [6.45, 7) is 0.863. The van der Waals surface area contributed by atoms with E-state index >= 15 is 0 Å². The fourth-order valence-corrected chi connectivity index (χ4v) is 5.42. The van der Waals surface area contributed by atoms with E-state index in [9.17, 15) is 13.6 Å². The highest BCUT2D eigenvalue weighted by Crippen LogP contribution is 2.31. The van der Waals surface area contributed by atoms with Gasteiger partial charge < -0.3 is 9.64 Å². The number of methoxy groups -OCH3 is 1. The van der Waals surface area contributed by atoms with Crippen LogP contribution in [-0.4, -0.2) is 50.3 Å². The van der Waals surface area contributed by atoms with Crippen molar-refractivity contribution in [1.29, 1.82) is 0 Å². The average molecular weight is 566 g/mol. The molecule has 1 aliphatic carbocycles. The number of hydrogen-bond donors (Lipinski definition) is 0. The number of benzene rings is 2. The van der Waals surface area contributed by atoms with Crippen LogP contribution in [0.3, 0.4) is 0 Å². The molecular weight excluding hydrogens is 536 g/mol. The van der Waals surface area contributed by atoms with Crippen LogP contribution in [0.5, 0.6) is 5.75 Å². The molecule has 1 fully saturated rings. The third kappa shape index (κ3) is 6.31. The molecule has 0 unspecified atom stereocenters. The van der Waals surface area contributed by atoms with Gasteiger partial charge in [-0.1, -0.05) is 30.5 Å². The first-order chi connectivity index (χ1) is 19.4. The predicted molar refractivity (Wildman–Crippen MR) is 149 cm³/mol. The summed E-state index contributed by atoms with van der Waals surface area (Å²) in [5.41, 5.74) is 2.19. The van der Waals surface area contributed by atoms with E-state index in [-0.39, 0.29) is 18.4 Å². The number of ether oxygens (including phenoxy) is 1. The molecule has 40 heavy (non-hydrogen) atoms. The van der Waals surface area contributed by atoms with E-state index < -0.39 is 11.6 Å². The Labute approximate surface area is 236 Å². The number of nitrogens with zero attached hydrogens (tertiary/aromatic N) is 5. The van der Waals surface area contributed by atoms with Gasteiger partial charge in [-0.2, -0.15) is 5.10 Å². The van der Waals surface area contributed by atoms with Crippen molar-refractivity contribution in [2.45, 2.75) is 51.1 Å². The van der Waals surface area contributed by atoms with Gasteiger partial charge in [-0.05, 0) is 67.3 Å². The topological polar surface area (TPSA) is 73.1 Å². The molecule has 5 rings (SSSR count). The van der Waals surface area contributed by atoms with E-state index in [0.717, 1.165) is 48.9 Å². The third-order valence-corrected chi connectivity index (χ3v) is 7.57. The molecule has 10 heteroatoms. The highest BCUT2D eigenvalue weighted by molar-refractivity contribution is 6.32. The van der Waals surface area contributed by atoms with E-state index in [0.29, 0.717) is 47.5 Å². The number of carbonyl (C=O) groups excluding carboxylic acids is 1. The number of amides is 1. The van der Waals surface area contributed by atoms with Crippen molar-refractivity contribution >= 4 is 17.5 Å². The molecule has 0 spiro atoms. The summed E-state index contributed by atoms with van der Waals surface area (Å²) in [4.78, 5) is 24.3. The van der Waals surface area contributed by atoms with Crippen molar-refractivity contribution in [3.05, 3.63) is 83.1 Å². The minimum Gasteiger partial charge on any atom is -0.495 e. The molecule has 0 bridgehead atoms. The van der Waals surface area contributed by atoms with Crippen LogP contribution in [-0.2, 0) is 17.8 Å². The van der Waals surface area contributed by atoms with Gasteiger partial charge in [-0.3, -0.25) is 9.78 Å². The Morgan fingerprint density at radius 1 is 1.05 bits per heavy atom. The molecule has 0 N–H and O–H groups in total. The molecule has 2 heterocycles. The molecule has 1 amide bonds. The largest absolute Gasteiger partial charge is 0.495 e. The summed E-state index contributed by atoms with van der Waals surface area (Å²) in [7, 11) is 1.56. The Bertz CT molecular complexity index is 1470. The molecule has 208 valence electrons. The van der Waals surface area contributed by atoms with Gasteiger partial charge in [-0.25, -0.2) is 18.4 Å². The van der Waals surface area contributed by atoms with Crippen molar-refractivity contribution in [2.24, 2.45) is 0 Å². The summed E-state index contributed by atoms with van der Waals surface area (Å²) in [5, 5.41) is 5.25. The van der Waals surface area contributed by atoms with Crippen molar-refractivity contribution in [1.82, 2.24) is 24.6 Å². The second-order valence-electron chi connectivity index (χ2n) is 9.84. The highest BCUT2D eigenvalue weighted by atomic mass is 35.5. The molecule has 7 nitrogen and oxygen atoms in total. The van der Waals surface area contributed by atoms with Gasteiger partial charge in [0, 0.05) is 42.5 Å². The third-order valence-electron chi connectivity index (χ3n) is 7.27. The van der Waals surface area contributed by atoms with Gasteiger partial charge in [0.2, 0.25) is 5.91 Å². The van der Waals surface area contributed by atoms with Gasteiger partial charge in [0.15, 0.2) is 23.3 Å². The van der Waals surface area contributed by atoms with Crippen LogP contribution in [0, 0.1) is 11.6 Å². The monoisotopic (exact) mass is 565 g/mol. The lowest BCUT2D eigenvalue weighted by Crippen LogP contribution is -2.41. The van der Waals surface area contributed by atoms with Crippen molar-refractivity contribution < 1.29 is 18.3 Å². The molecule has 0 aliphatic heterocycles. The van der Waals surface area contributed by atoms with Crippen LogP contribution >= 0.6 is 11.6 Å². The predicted octanol–water partition coefficient (Wildman–Crippen LogP) is 6.35. The average Bonchev–Trinajstić information content (AvgIpc) is 3.65. The first-order valence-electron chi connectivity index (χ1n) is 13.4. The van der Waals surface area contributed by atoms with E-state index in [1.165, 1.54) is 6.07 Å². The fourth-order valence-electron chi connectivity index (χ4n) is 5.16. The molecular formula is C30H30ClF2N5O2. The molecule has 2 aromatic heterocycles. The number of carbonyl (C=O) groups is 1. The Hall–Kier alpha value is -3.85. The zero-order valence-electron chi connectivity index (χ0n) is 22.2. The first-order valence-corrected chi connectivity index (χ1v) is 13.7. The highest BCUT2D eigenvalue weighted by Gasteiger charge is 2.27. The Morgan fingerprint density at radius 2 is 1.82 bits per heavy atom. The van der Waals surface area contributed by atoms with Crippen LogP contribution in [0.2, 0.25) is 5.02 Å². The minimum atomic E-state index is -0.903. The van der Waals surface area contributed by atoms with E-state index in [1.54, 1.807) is 36.3 Å². The van der Waals surface area contributed by atoms with E-state index in [2.05, 4.69) is 4.98 Å². The molecule has 1 aliphatic rings. The lowest BCUT2D eigenvalue weighted by Gasteiger charge is -2.29. The fraction of sp³-hybridized carbons (Fsp3) is 0.333. The summed E-state index contributed by atoms with van der Waals surface area (Å²) in [5.74, 6) is -0.0843. The quantitative estimate of drug-likeness (QED) is 0.224. The number of pyridine rings is 1. The Balaban J connectivity index is 1.39. The number of hydrogen-bond acceptors (Lipinski definition) is 5. The number of rotatable bonds is 10. The van der Waals surface area contributed by atoms with Crippen LogP contribution in [0.25, 0.3) is 22.8 Å². The first kappa shape index (κ1) is 27.7. The molecule has 1 saturated carbocycles. The lowest BCUT2D eigenvalue weighted by molar-refractivity contribution is -0.133. The van der Waals surface area contributed by atoms with Crippen LogP contribution in [0.1, 0.15) is 37.7 Å². The van der Waals surface area contributed by atoms with Gasteiger partial charge in [-0.15, -0.1) is 0 Å². The smallest absolute Gasteiger partial charge is 0.223 e. The van der Waals surface area contributed by atoms with Crippen molar-refractivity contribution in [3.8, 4) is 28.5 Å². The number of halogens is 3. The molecule has 0 atom stereocenters. The van der Waals surface area contributed by atoms with Gasteiger partial charge in [0.05, 0.1) is 18.7 Å².